The van der Waals surface area contributed by atoms with Crippen LogP contribution in [0.1, 0.15) is 12.8 Å². The van der Waals surface area contributed by atoms with Gasteiger partial charge in [0.15, 0.2) is 0 Å². The molecule has 2 rings (SSSR count). The zero-order chi connectivity index (χ0) is 12.8. The lowest BCUT2D eigenvalue weighted by Crippen LogP contribution is -2.41. The highest BCUT2D eigenvalue weighted by molar-refractivity contribution is 5.79. The molecule has 1 aliphatic rings. The second kappa shape index (κ2) is 6.01. The first-order valence-electron chi connectivity index (χ1n) is 6.03. The topological polar surface area (TPSA) is 58.1 Å². The standard InChI is InChI=1S/C13H16N4O/c1-2-5-16-13(18)11-3-8-17(9-4-11)12-10-14-6-7-15-12/h1,6-7,10-11H,3-5,8-9H2,(H,16,18). The second-order valence-corrected chi connectivity index (χ2v) is 4.25. The summed E-state index contributed by atoms with van der Waals surface area (Å²) in [6.45, 7) is 1.96. The Morgan fingerprint density at radius 3 is 2.89 bits per heavy atom. The molecule has 1 fully saturated rings. The first kappa shape index (κ1) is 12.4. The highest BCUT2D eigenvalue weighted by atomic mass is 16.1. The monoisotopic (exact) mass is 244 g/mol. The van der Waals surface area contributed by atoms with Crippen molar-refractivity contribution in [2.75, 3.05) is 24.5 Å². The van der Waals surface area contributed by atoms with Crippen LogP contribution in [0.15, 0.2) is 18.6 Å². The fraction of sp³-hybridized carbons (Fsp3) is 0.462. The van der Waals surface area contributed by atoms with Crippen LogP contribution in [-0.4, -0.2) is 35.5 Å². The predicted octanol–water partition coefficient (Wildman–Crippen LogP) is 0.442. The van der Waals surface area contributed by atoms with E-state index in [1.807, 2.05) is 0 Å². The summed E-state index contributed by atoms with van der Waals surface area (Å²) in [4.78, 5) is 22.2. The van der Waals surface area contributed by atoms with Crippen molar-refractivity contribution >= 4 is 11.7 Å². The molecule has 0 aliphatic carbocycles. The molecule has 0 unspecified atom stereocenters. The lowest BCUT2D eigenvalue weighted by molar-refractivity contribution is -0.125. The number of aromatic nitrogens is 2. The largest absolute Gasteiger partial charge is 0.355 e. The van der Waals surface area contributed by atoms with Crippen LogP contribution >= 0.6 is 0 Å². The summed E-state index contributed by atoms with van der Waals surface area (Å²) in [7, 11) is 0. The number of hydrogen-bond donors (Lipinski definition) is 1. The number of piperidine rings is 1. The first-order valence-corrected chi connectivity index (χ1v) is 6.03. The summed E-state index contributed by atoms with van der Waals surface area (Å²) in [6, 6.07) is 0. The highest BCUT2D eigenvalue weighted by Crippen LogP contribution is 2.20. The van der Waals surface area contributed by atoms with Gasteiger partial charge in [-0.25, -0.2) is 4.98 Å². The molecule has 1 aromatic rings. The normalized spacial score (nSPS) is 16.1. The van der Waals surface area contributed by atoms with Crippen molar-refractivity contribution in [3.8, 4) is 12.3 Å². The Bertz CT molecular complexity index is 432. The van der Waals surface area contributed by atoms with E-state index in [-0.39, 0.29) is 11.8 Å². The number of rotatable bonds is 3. The van der Waals surface area contributed by atoms with Gasteiger partial charge in [-0.3, -0.25) is 9.78 Å². The molecule has 0 saturated carbocycles. The zero-order valence-corrected chi connectivity index (χ0v) is 10.2. The molecule has 1 N–H and O–H groups in total. The summed E-state index contributed by atoms with van der Waals surface area (Å²) in [6.07, 6.45) is 11.9. The van der Waals surface area contributed by atoms with Crippen molar-refractivity contribution in [1.82, 2.24) is 15.3 Å². The van der Waals surface area contributed by atoms with Gasteiger partial charge in [-0.1, -0.05) is 5.92 Å². The smallest absolute Gasteiger partial charge is 0.223 e. The molecule has 1 aliphatic heterocycles. The van der Waals surface area contributed by atoms with Crippen molar-refractivity contribution in [2.45, 2.75) is 12.8 Å². The molecule has 0 spiro atoms. The SMILES string of the molecule is C#CCNC(=O)C1CCN(c2cnccn2)CC1. The van der Waals surface area contributed by atoms with Crippen LogP contribution in [0.4, 0.5) is 5.82 Å². The fourth-order valence-electron chi connectivity index (χ4n) is 2.11. The lowest BCUT2D eigenvalue weighted by Gasteiger charge is -2.31. The van der Waals surface area contributed by atoms with E-state index in [2.05, 4.69) is 26.1 Å². The number of anilines is 1. The van der Waals surface area contributed by atoms with Crippen LogP contribution in [0.3, 0.4) is 0 Å². The Labute approximate surface area is 107 Å². The molecule has 0 radical (unpaired) electrons. The maximum Gasteiger partial charge on any atom is 0.223 e. The van der Waals surface area contributed by atoms with Gasteiger partial charge in [0, 0.05) is 31.4 Å². The van der Waals surface area contributed by atoms with Gasteiger partial charge >= 0.3 is 0 Å². The molecular formula is C13H16N4O. The van der Waals surface area contributed by atoms with E-state index < -0.39 is 0 Å². The molecular weight excluding hydrogens is 228 g/mol. The van der Waals surface area contributed by atoms with Gasteiger partial charge in [0.25, 0.3) is 0 Å². The third-order valence-corrected chi connectivity index (χ3v) is 3.10. The summed E-state index contributed by atoms with van der Waals surface area (Å²) in [5, 5.41) is 2.74. The minimum absolute atomic E-state index is 0.0614. The quantitative estimate of drug-likeness (QED) is 0.784. The maximum absolute atomic E-state index is 11.7. The van der Waals surface area contributed by atoms with Crippen molar-refractivity contribution < 1.29 is 4.79 Å². The highest BCUT2D eigenvalue weighted by Gasteiger charge is 2.25. The third kappa shape index (κ3) is 2.98. The molecule has 94 valence electrons. The zero-order valence-electron chi connectivity index (χ0n) is 10.2. The number of carbonyl (C=O) groups is 1. The Kier molecular flexibility index (Phi) is 4.13. The first-order chi connectivity index (χ1) is 8.81. The minimum Gasteiger partial charge on any atom is -0.355 e. The number of nitrogens with one attached hydrogen (secondary N) is 1. The summed E-state index contributed by atoms with van der Waals surface area (Å²) in [5.41, 5.74) is 0. The van der Waals surface area contributed by atoms with Gasteiger partial charge in [-0.2, -0.15) is 0 Å². The van der Waals surface area contributed by atoms with E-state index in [1.165, 1.54) is 0 Å². The number of terminal acetylenes is 1. The second-order valence-electron chi connectivity index (χ2n) is 4.25. The summed E-state index contributed by atoms with van der Waals surface area (Å²) >= 11 is 0. The molecule has 2 heterocycles. The van der Waals surface area contributed by atoms with Crippen molar-refractivity contribution in [3.05, 3.63) is 18.6 Å². The summed E-state index contributed by atoms with van der Waals surface area (Å²) in [5.74, 6) is 3.41. The van der Waals surface area contributed by atoms with Gasteiger partial charge < -0.3 is 10.2 Å². The maximum atomic E-state index is 11.7. The average molecular weight is 244 g/mol. The molecule has 0 bridgehead atoms. The van der Waals surface area contributed by atoms with Crippen LogP contribution in [0.5, 0.6) is 0 Å². The van der Waals surface area contributed by atoms with Crippen molar-refractivity contribution in [1.29, 1.82) is 0 Å². The fourth-order valence-corrected chi connectivity index (χ4v) is 2.11. The lowest BCUT2D eigenvalue weighted by atomic mass is 9.96. The van der Waals surface area contributed by atoms with Gasteiger partial charge in [0.2, 0.25) is 5.91 Å². The van der Waals surface area contributed by atoms with E-state index >= 15 is 0 Å². The Morgan fingerprint density at radius 1 is 1.50 bits per heavy atom. The van der Waals surface area contributed by atoms with E-state index in [4.69, 9.17) is 6.42 Å². The molecule has 1 amide bonds. The Hall–Kier alpha value is -2.09. The van der Waals surface area contributed by atoms with Crippen LogP contribution in [0, 0.1) is 18.3 Å². The molecule has 1 saturated heterocycles. The molecule has 0 atom stereocenters. The van der Waals surface area contributed by atoms with Crippen molar-refractivity contribution in [3.63, 3.8) is 0 Å². The molecule has 1 aromatic heterocycles. The van der Waals surface area contributed by atoms with Gasteiger partial charge in [-0.15, -0.1) is 6.42 Å². The third-order valence-electron chi connectivity index (χ3n) is 3.10. The van der Waals surface area contributed by atoms with E-state index in [9.17, 15) is 4.79 Å². The molecule has 0 aromatic carbocycles. The number of amides is 1. The molecule has 5 heteroatoms. The van der Waals surface area contributed by atoms with E-state index in [0.29, 0.717) is 6.54 Å². The van der Waals surface area contributed by atoms with Gasteiger partial charge in [0.05, 0.1) is 12.7 Å². The van der Waals surface area contributed by atoms with Gasteiger partial charge in [0.1, 0.15) is 5.82 Å². The number of hydrogen-bond acceptors (Lipinski definition) is 4. The van der Waals surface area contributed by atoms with Gasteiger partial charge in [-0.05, 0) is 12.8 Å². The Balaban J connectivity index is 1.85. The average Bonchev–Trinajstić information content (AvgIpc) is 2.46. The molecule has 5 nitrogen and oxygen atoms in total. The number of carbonyl (C=O) groups excluding carboxylic acids is 1. The van der Waals surface area contributed by atoms with E-state index in [1.54, 1.807) is 18.6 Å². The predicted molar refractivity (Wildman–Crippen MR) is 68.8 cm³/mol. The molecule has 18 heavy (non-hydrogen) atoms. The Morgan fingerprint density at radius 2 is 2.28 bits per heavy atom. The summed E-state index contributed by atoms with van der Waals surface area (Å²) < 4.78 is 0. The minimum atomic E-state index is 0.0614. The van der Waals surface area contributed by atoms with Crippen molar-refractivity contribution in [2.24, 2.45) is 5.92 Å². The number of nitrogens with zero attached hydrogens (tertiary/aromatic N) is 3. The van der Waals surface area contributed by atoms with Crippen LogP contribution in [0.25, 0.3) is 0 Å². The van der Waals surface area contributed by atoms with Crippen LogP contribution in [0.2, 0.25) is 0 Å². The van der Waals surface area contributed by atoms with Crippen LogP contribution < -0.4 is 10.2 Å². The van der Waals surface area contributed by atoms with E-state index in [0.717, 1.165) is 31.7 Å². The van der Waals surface area contributed by atoms with Crippen LogP contribution in [-0.2, 0) is 4.79 Å².